The second-order valence-corrected chi connectivity index (χ2v) is 8.66. The molecule has 192 valence electrons. The van der Waals surface area contributed by atoms with Crippen LogP contribution in [0.5, 0.6) is 0 Å². The zero-order valence-corrected chi connectivity index (χ0v) is 20.2. The van der Waals surface area contributed by atoms with Gasteiger partial charge in [0, 0.05) is 36.2 Å². The predicted molar refractivity (Wildman–Crippen MR) is 133 cm³/mol. The van der Waals surface area contributed by atoms with Crippen molar-refractivity contribution in [3.63, 3.8) is 0 Å². The summed E-state index contributed by atoms with van der Waals surface area (Å²) in [5.74, 6) is -3.00. The van der Waals surface area contributed by atoms with E-state index in [1.807, 2.05) is 31.2 Å². The molecule has 0 bridgehead atoms. The van der Waals surface area contributed by atoms with Gasteiger partial charge in [0.15, 0.2) is 0 Å². The Morgan fingerprint density at radius 2 is 2.14 bits per heavy atom. The summed E-state index contributed by atoms with van der Waals surface area (Å²) < 4.78 is 46.4. The molecule has 7 nitrogen and oxygen atoms in total. The molecular weight excluding hydrogens is 459 g/mol. The zero-order valence-electron chi connectivity index (χ0n) is 20.2. The van der Waals surface area contributed by atoms with Crippen LogP contribution in [0.4, 0.5) is 13.2 Å². The monoisotopic (exact) mass is 493 g/mol. The highest BCUT2D eigenvalue weighted by molar-refractivity contribution is 6.26. The SMILES string of the molecule is C=C(N=CC(=NC)OCCNCCCF)[C@@H]1c2[nH]c3ccccc3c2C[C@@H](C)N1CC(F)(F)CO. The van der Waals surface area contributed by atoms with Gasteiger partial charge in [-0.2, -0.15) is 0 Å². The van der Waals surface area contributed by atoms with E-state index in [0.29, 0.717) is 38.2 Å². The van der Waals surface area contributed by atoms with E-state index >= 15 is 0 Å². The molecule has 0 saturated carbocycles. The maximum Gasteiger partial charge on any atom is 0.283 e. The first-order chi connectivity index (χ1) is 16.8. The largest absolute Gasteiger partial charge is 0.475 e. The molecule has 1 aliphatic rings. The number of nitrogens with zero attached hydrogens (tertiary/aromatic N) is 3. The van der Waals surface area contributed by atoms with Crippen molar-refractivity contribution in [3.05, 3.63) is 47.8 Å². The number of aliphatic hydroxyl groups excluding tert-OH is 1. The Balaban J connectivity index is 1.83. The van der Waals surface area contributed by atoms with Crippen LogP contribution in [-0.4, -0.2) is 85.6 Å². The summed E-state index contributed by atoms with van der Waals surface area (Å²) in [4.78, 5) is 13.5. The average molecular weight is 494 g/mol. The van der Waals surface area contributed by atoms with Gasteiger partial charge in [0.1, 0.15) is 13.2 Å². The van der Waals surface area contributed by atoms with Crippen molar-refractivity contribution in [2.45, 2.75) is 37.8 Å². The molecule has 0 amide bonds. The van der Waals surface area contributed by atoms with E-state index in [9.17, 15) is 18.3 Å². The summed E-state index contributed by atoms with van der Waals surface area (Å²) in [7, 11) is 1.56. The van der Waals surface area contributed by atoms with Crippen molar-refractivity contribution in [2.24, 2.45) is 9.98 Å². The van der Waals surface area contributed by atoms with Gasteiger partial charge >= 0.3 is 0 Å². The molecule has 2 atom stereocenters. The fourth-order valence-electron chi connectivity index (χ4n) is 4.34. The van der Waals surface area contributed by atoms with Crippen LogP contribution in [0.3, 0.4) is 0 Å². The number of halogens is 3. The van der Waals surface area contributed by atoms with Crippen LogP contribution in [-0.2, 0) is 11.2 Å². The molecule has 0 radical (unpaired) electrons. The van der Waals surface area contributed by atoms with Gasteiger partial charge in [-0.3, -0.25) is 19.3 Å². The van der Waals surface area contributed by atoms with Crippen LogP contribution in [0.2, 0.25) is 0 Å². The van der Waals surface area contributed by atoms with Gasteiger partial charge in [0.2, 0.25) is 5.90 Å². The maximum absolute atomic E-state index is 14.3. The van der Waals surface area contributed by atoms with E-state index in [-0.39, 0.29) is 18.6 Å². The molecule has 1 aromatic heterocycles. The minimum Gasteiger partial charge on any atom is -0.475 e. The number of hydrogen-bond acceptors (Lipinski definition) is 6. The molecule has 2 aromatic rings. The maximum atomic E-state index is 14.3. The number of alkyl halides is 3. The Hall–Kier alpha value is -2.69. The lowest BCUT2D eigenvalue weighted by atomic mass is 9.90. The number of rotatable bonds is 12. The topological polar surface area (TPSA) is 85.2 Å². The summed E-state index contributed by atoms with van der Waals surface area (Å²) in [6, 6.07) is 6.95. The number of aliphatic imine (C=N–C) groups is 2. The Morgan fingerprint density at radius 3 is 2.86 bits per heavy atom. The summed E-state index contributed by atoms with van der Waals surface area (Å²) in [6.45, 7) is 5.15. The normalized spacial score (nSPS) is 19.4. The zero-order chi connectivity index (χ0) is 25.4. The second kappa shape index (κ2) is 12.3. The van der Waals surface area contributed by atoms with Crippen LogP contribution < -0.4 is 5.32 Å². The number of nitrogens with one attached hydrogen (secondary N) is 2. The van der Waals surface area contributed by atoms with Crippen LogP contribution in [0.1, 0.15) is 30.6 Å². The standard InChI is InChI=1S/C25H34F3N5O2/c1-17-13-20-19-7-4-5-8-21(19)32-23(20)24(33(17)15-25(27,28)16-34)18(2)31-14-22(29-3)35-12-11-30-10-6-9-26/h4-5,7-8,14,17,24,30,32,34H,2,6,9-13,15-16H2,1,3H3/t17-,24-/m1/s1. The minimum atomic E-state index is -3.27. The van der Waals surface area contributed by atoms with Crippen molar-refractivity contribution in [3.8, 4) is 0 Å². The van der Waals surface area contributed by atoms with E-state index in [4.69, 9.17) is 4.74 Å². The van der Waals surface area contributed by atoms with Gasteiger partial charge in [-0.05, 0) is 37.9 Å². The van der Waals surface area contributed by atoms with Crippen LogP contribution in [0.15, 0.2) is 46.5 Å². The van der Waals surface area contributed by atoms with Crippen molar-refractivity contribution >= 4 is 23.0 Å². The minimum absolute atomic E-state index is 0.234. The Morgan fingerprint density at radius 1 is 1.37 bits per heavy atom. The molecule has 0 aliphatic carbocycles. The number of aromatic nitrogens is 1. The van der Waals surface area contributed by atoms with E-state index in [1.165, 1.54) is 6.21 Å². The molecule has 3 N–H and O–H groups in total. The summed E-state index contributed by atoms with van der Waals surface area (Å²) in [5.41, 5.74) is 3.09. The Bertz CT molecular complexity index is 1050. The molecule has 0 saturated heterocycles. The lowest BCUT2D eigenvalue weighted by Crippen LogP contribution is -2.49. The van der Waals surface area contributed by atoms with E-state index in [1.54, 1.807) is 11.9 Å². The van der Waals surface area contributed by atoms with Gasteiger partial charge in [-0.1, -0.05) is 24.8 Å². The number of aliphatic hydroxyl groups is 1. The van der Waals surface area contributed by atoms with Crippen LogP contribution >= 0.6 is 0 Å². The molecule has 3 rings (SSSR count). The van der Waals surface area contributed by atoms with Crippen molar-refractivity contribution in [1.82, 2.24) is 15.2 Å². The van der Waals surface area contributed by atoms with Crippen LogP contribution in [0, 0.1) is 0 Å². The fourth-order valence-corrected chi connectivity index (χ4v) is 4.34. The molecule has 35 heavy (non-hydrogen) atoms. The molecule has 1 aliphatic heterocycles. The number of hydrogen-bond donors (Lipinski definition) is 3. The molecule has 1 aromatic carbocycles. The highest BCUT2D eigenvalue weighted by Gasteiger charge is 2.42. The Kier molecular flexibility index (Phi) is 9.47. The fraction of sp³-hybridized carbons (Fsp3) is 0.520. The number of aromatic amines is 1. The lowest BCUT2D eigenvalue weighted by Gasteiger charge is -2.41. The molecule has 0 fully saturated rings. The predicted octanol–water partition coefficient (Wildman–Crippen LogP) is 3.66. The van der Waals surface area contributed by atoms with Gasteiger partial charge in [-0.15, -0.1) is 0 Å². The van der Waals surface area contributed by atoms with Crippen LogP contribution in [0.25, 0.3) is 10.9 Å². The molecule has 0 unspecified atom stereocenters. The van der Waals surface area contributed by atoms with Crippen molar-refractivity contribution in [1.29, 1.82) is 0 Å². The number of fused-ring (bicyclic) bond motifs is 3. The molecule has 10 heteroatoms. The lowest BCUT2D eigenvalue weighted by molar-refractivity contribution is -0.0868. The molecular formula is C25H34F3N5O2. The van der Waals surface area contributed by atoms with Gasteiger partial charge in [-0.25, -0.2) is 8.78 Å². The molecule has 2 heterocycles. The van der Waals surface area contributed by atoms with Gasteiger partial charge in [0.05, 0.1) is 31.2 Å². The third-order valence-corrected chi connectivity index (χ3v) is 6.06. The van der Waals surface area contributed by atoms with Crippen molar-refractivity contribution in [2.75, 3.05) is 46.6 Å². The quantitative estimate of drug-likeness (QED) is 0.239. The highest BCUT2D eigenvalue weighted by atomic mass is 19.3. The average Bonchev–Trinajstić information content (AvgIpc) is 3.21. The second-order valence-electron chi connectivity index (χ2n) is 8.66. The van der Waals surface area contributed by atoms with E-state index in [2.05, 4.69) is 26.9 Å². The van der Waals surface area contributed by atoms with Gasteiger partial charge in [0.25, 0.3) is 5.92 Å². The first kappa shape index (κ1) is 26.9. The van der Waals surface area contributed by atoms with E-state index < -0.39 is 25.1 Å². The summed E-state index contributed by atoms with van der Waals surface area (Å²) in [5, 5.41) is 13.3. The first-order valence-corrected chi connectivity index (χ1v) is 11.7. The first-order valence-electron chi connectivity index (χ1n) is 11.7. The van der Waals surface area contributed by atoms with Crippen molar-refractivity contribution < 1.29 is 23.0 Å². The molecule has 0 spiro atoms. The number of ether oxygens (including phenoxy) is 1. The Labute approximate surface area is 203 Å². The highest BCUT2D eigenvalue weighted by Crippen LogP contribution is 2.41. The van der Waals surface area contributed by atoms with Gasteiger partial charge < -0.3 is 20.1 Å². The third-order valence-electron chi connectivity index (χ3n) is 6.06. The smallest absolute Gasteiger partial charge is 0.283 e. The van der Waals surface area contributed by atoms with E-state index in [0.717, 1.165) is 22.2 Å². The number of benzene rings is 1. The summed E-state index contributed by atoms with van der Waals surface area (Å²) in [6.07, 6.45) is 2.44. The number of H-pyrrole nitrogens is 1. The summed E-state index contributed by atoms with van der Waals surface area (Å²) >= 11 is 0. The number of para-hydroxylation sites is 1. The third kappa shape index (κ3) is 6.71.